The van der Waals surface area contributed by atoms with E-state index >= 15 is 0 Å². The third kappa shape index (κ3) is 2.65. The second-order valence-corrected chi connectivity index (χ2v) is 6.17. The van der Waals surface area contributed by atoms with Gasteiger partial charge in [0.15, 0.2) is 0 Å². The summed E-state index contributed by atoms with van der Waals surface area (Å²) in [4.78, 5) is 0. The molecule has 1 nitrogen and oxygen atoms in total. The van der Waals surface area contributed by atoms with E-state index < -0.39 is 0 Å². The average molecular weight is 232 g/mol. The Labute approximate surface area is 105 Å². The first-order chi connectivity index (χ1) is 8.00. The lowest BCUT2D eigenvalue weighted by atomic mass is 9.63. The summed E-state index contributed by atoms with van der Waals surface area (Å²) in [6.45, 7) is 7.01. The third-order valence-electron chi connectivity index (χ3n) is 4.73. The Kier molecular flexibility index (Phi) is 3.46. The van der Waals surface area contributed by atoms with Crippen LogP contribution in [-0.2, 0) is 0 Å². The Morgan fingerprint density at radius 3 is 2.53 bits per heavy atom. The van der Waals surface area contributed by atoms with Crippen LogP contribution in [-0.4, -0.2) is 5.11 Å². The smallest absolute Gasteiger partial charge is 0.111 e. The van der Waals surface area contributed by atoms with Crippen molar-refractivity contribution >= 4 is 0 Å². The first-order valence-electron chi connectivity index (χ1n) is 6.73. The Morgan fingerprint density at radius 1 is 1.24 bits per heavy atom. The fraction of sp³-hybridized carbons (Fsp3) is 0.625. The SMILES string of the molecule is CC1=CCC(C(C)(C)C2C=CC(O)=CC2)CC1. The van der Waals surface area contributed by atoms with Gasteiger partial charge in [-0.2, -0.15) is 0 Å². The minimum absolute atomic E-state index is 0.324. The lowest BCUT2D eigenvalue weighted by Crippen LogP contribution is -2.33. The summed E-state index contributed by atoms with van der Waals surface area (Å²) in [7, 11) is 0. The van der Waals surface area contributed by atoms with Crippen molar-refractivity contribution in [3.63, 3.8) is 0 Å². The lowest BCUT2D eigenvalue weighted by molar-refractivity contribution is 0.132. The summed E-state index contributed by atoms with van der Waals surface area (Å²) in [5, 5.41) is 9.40. The predicted octanol–water partition coefficient (Wildman–Crippen LogP) is 4.78. The van der Waals surface area contributed by atoms with Crippen molar-refractivity contribution < 1.29 is 5.11 Å². The largest absolute Gasteiger partial charge is 0.508 e. The van der Waals surface area contributed by atoms with Crippen LogP contribution in [0.2, 0.25) is 0 Å². The molecule has 0 amide bonds. The summed E-state index contributed by atoms with van der Waals surface area (Å²) in [6, 6.07) is 0. The van der Waals surface area contributed by atoms with Gasteiger partial charge in [0.2, 0.25) is 0 Å². The Morgan fingerprint density at radius 2 is 2.00 bits per heavy atom. The normalized spacial score (nSPS) is 29.8. The lowest BCUT2D eigenvalue weighted by Gasteiger charge is -2.41. The van der Waals surface area contributed by atoms with Crippen LogP contribution in [0.3, 0.4) is 0 Å². The molecule has 0 bridgehead atoms. The third-order valence-corrected chi connectivity index (χ3v) is 4.73. The van der Waals surface area contributed by atoms with Crippen LogP contribution in [0.25, 0.3) is 0 Å². The first-order valence-corrected chi connectivity index (χ1v) is 6.73. The molecular formula is C16H24O. The van der Waals surface area contributed by atoms with E-state index in [4.69, 9.17) is 0 Å². The highest BCUT2D eigenvalue weighted by Gasteiger charge is 2.36. The van der Waals surface area contributed by atoms with Crippen LogP contribution < -0.4 is 0 Å². The molecule has 0 saturated heterocycles. The van der Waals surface area contributed by atoms with Crippen molar-refractivity contribution in [2.24, 2.45) is 17.3 Å². The van der Waals surface area contributed by atoms with Gasteiger partial charge < -0.3 is 5.11 Å². The molecule has 0 saturated carbocycles. The van der Waals surface area contributed by atoms with Crippen molar-refractivity contribution in [1.82, 2.24) is 0 Å². The molecule has 0 fully saturated rings. The van der Waals surface area contributed by atoms with Crippen molar-refractivity contribution in [3.05, 3.63) is 35.6 Å². The van der Waals surface area contributed by atoms with E-state index in [1.54, 1.807) is 5.57 Å². The molecule has 0 heterocycles. The van der Waals surface area contributed by atoms with Gasteiger partial charge in [0.05, 0.1) is 0 Å². The highest BCUT2D eigenvalue weighted by molar-refractivity contribution is 5.19. The van der Waals surface area contributed by atoms with Gasteiger partial charge in [0.25, 0.3) is 0 Å². The molecule has 0 aromatic carbocycles. The van der Waals surface area contributed by atoms with Crippen LogP contribution in [0.1, 0.15) is 46.5 Å². The molecule has 1 heteroatoms. The van der Waals surface area contributed by atoms with Crippen LogP contribution in [0, 0.1) is 17.3 Å². The van der Waals surface area contributed by atoms with Crippen molar-refractivity contribution in [2.75, 3.05) is 0 Å². The molecule has 0 aliphatic heterocycles. The quantitative estimate of drug-likeness (QED) is 0.679. The van der Waals surface area contributed by atoms with Crippen molar-refractivity contribution in [3.8, 4) is 0 Å². The van der Waals surface area contributed by atoms with E-state index in [1.165, 1.54) is 19.3 Å². The highest BCUT2D eigenvalue weighted by Crippen LogP contribution is 2.45. The number of aliphatic hydroxyl groups is 1. The molecule has 0 aromatic rings. The maximum Gasteiger partial charge on any atom is 0.111 e. The molecule has 94 valence electrons. The number of allylic oxidation sites excluding steroid dienone is 5. The van der Waals surface area contributed by atoms with Crippen LogP contribution in [0.5, 0.6) is 0 Å². The van der Waals surface area contributed by atoms with Gasteiger partial charge in [-0.1, -0.05) is 31.6 Å². The minimum Gasteiger partial charge on any atom is -0.508 e. The molecule has 17 heavy (non-hydrogen) atoms. The molecule has 2 aliphatic rings. The molecule has 2 rings (SSSR count). The Bertz CT molecular complexity index is 371. The van der Waals surface area contributed by atoms with Gasteiger partial charge in [-0.25, -0.2) is 0 Å². The average Bonchev–Trinajstić information content (AvgIpc) is 2.30. The molecule has 0 radical (unpaired) electrons. The van der Waals surface area contributed by atoms with Gasteiger partial charge in [-0.3, -0.25) is 0 Å². The molecule has 0 spiro atoms. The zero-order valence-corrected chi connectivity index (χ0v) is 11.2. The minimum atomic E-state index is 0.324. The molecule has 0 aromatic heterocycles. The number of aliphatic hydroxyl groups excluding tert-OH is 1. The van der Waals surface area contributed by atoms with Gasteiger partial charge in [-0.05, 0) is 62.0 Å². The number of rotatable bonds is 2. The highest BCUT2D eigenvalue weighted by atomic mass is 16.3. The van der Waals surface area contributed by atoms with Crippen molar-refractivity contribution in [1.29, 1.82) is 0 Å². The fourth-order valence-electron chi connectivity index (χ4n) is 3.10. The predicted molar refractivity (Wildman–Crippen MR) is 72.8 cm³/mol. The van der Waals surface area contributed by atoms with Gasteiger partial charge in [0.1, 0.15) is 5.76 Å². The van der Waals surface area contributed by atoms with Gasteiger partial charge in [0, 0.05) is 0 Å². The first kappa shape index (κ1) is 12.5. The van der Waals surface area contributed by atoms with Gasteiger partial charge >= 0.3 is 0 Å². The Balaban J connectivity index is 2.06. The summed E-state index contributed by atoms with van der Waals surface area (Å²) in [5.41, 5.74) is 1.87. The topological polar surface area (TPSA) is 20.2 Å². The van der Waals surface area contributed by atoms with Crippen LogP contribution in [0.15, 0.2) is 35.6 Å². The number of hydrogen-bond acceptors (Lipinski definition) is 1. The van der Waals surface area contributed by atoms with E-state index in [-0.39, 0.29) is 0 Å². The summed E-state index contributed by atoms with van der Waals surface area (Å²) < 4.78 is 0. The zero-order chi connectivity index (χ0) is 12.5. The molecular weight excluding hydrogens is 208 g/mol. The molecule has 2 unspecified atom stereocenters. The van der Waals surface area contributed by atoms with E-state index in [1.807, 2.05) is 12.2 Å². The monoisotopic (exact) mass is 232 g/mol. The zero-order valence-electron chi connectivity index (χ0n) is 11.2. The fourth-order valence-corrected chi connectivity index (χ4v) is 3.10. The summed E-state index contributed by atoms with van der Waals surface area (Å²) >= 11 is 0. The second-order valence-electron chi connectivity index (χ2n) is 6.17. The number of hydrogen-bond donors (Lipinski definition) is 1. The molecule has 2 atom stereocenters. The Hall–Kier alpha value is -0.980. The second kappa shape index (κ2) is 4.72. The molecule has 1 N–H and O–H groups in total. The standard InChI is InChI=1S/C16H24O/c1-12-4-6-13(7-5-12)16(2,3)14-8-10-15(17)11-9-14/h4,8,10-11,13-14,17H,5-7,9H2,1-3H3. The summed E-state index contributed by atoms with van der Waals surface area (Å²) in [5.74, 6) is 1.76. The summed E-state index contributed by atoms with van der Waals surface area (Å²) in [6.07, 6.45) is 13.2. The van der Waals surface area contributed by atoms with Crippen molar-refractivity contribution in [2.45, 2.75) is 46.5 Å². The maximum absolute atomic E-state index is 9.40. The van der Waals surface area contributed by atoms with Crippen LogP contribution in [0.4, 0.5) is 0 Å². The van der Waals surface area contributed by atoms with Gasteiger partial charge in [-0.15, -0.1) is 0 Å². The maximum atomic E-state index is 9.40. The molecule has 2 aliphatic carbocycles. The van der Waals surface area contributed by atoms with E-state index in [9.17, 15) is 5.11 Å². The van der Waals surface area contributed by atoms with Crippen LogP contribution >= 0.6 is 0 Å². The van der Waals surface area contributed by atoms with E-state index in [0.717, 1.165) is 12.3 Å². The van der Waals surface area contributed by atoms with E-state index in [0.29, 0.717) is 17.1 Å². The van der Waals surface area contributed by atoms with E-state index in [2.05, 4.69) is 32.9 Å².